The van der Waals surface area contributed by atoms with Gasteiger partial charge in [-0.1, -0.05) is 0 Å². The number of primary amides is 1. The molecule has 0 fully saturated rings. The second-order valence-corrected chi connectivity index (χ2v) is 3.55. The minimum Gasteiger partial charge on any atom is -0.447 e. The first-order chi connectivity index (χ1) is 9.11. The molecular weight excluding hydrogens is 256 g/mol. The van der Waals surface area contributed by atoms with E-state index >= 15 is 0 Å². The number of nitrogens with zero attached hydrogens (tertiary/aromatic N) is 1. The number of imide groups is 1. The zero-order chi connectivity index (χ0) is 14.1. The number of amides is 3. The molecule has 0 aliphatic carbocycles. The van der Waals surface area contributed by atoms with E-state index in [4.69, 9.17) is 15.2 Å². The summed E-state index contributed by atoms with van der Waals surface area (Å²) in [5, 5.41) is 0. The first-order valence-electron chi connectivity index (χ1n) is 5.72. The van der Waals surface area contributed by atoms with Crippen LogP contribution in [0.15, 0.2) is 12.2 Å². The van der Waals surface area contributed by atoms with Crippen molar-refractivity contribution in [3.8, 4) is 0 Å². The van der Waals surface area contributed by atoms with Crippen molar-refractivity contribution in [2.75, 3.05) is 39.6 Å². The molecule has 0 aromatic rings. The highest BCUT2D eigenvalue weighted by Crippen LogP contribution is 2.02. The minimum absolute atomic E-state index is 0.0950. The molecule has 0 saturated carbocycles. The lowest BCUT2D eigenvalue weighted by molar-refractivity contribution is -0.137. The molecule has 0 spiro atoms. The Labute approximate surface area is 110 Å². The van der Waals surface area contributed by atoms with Crippen LogP contribution in [0.1, 0.15) is 0 Å². The molecule has 1 heterocycles. The van der Waals surface area contributed by atoms with Crippen LogP contribution in [0, 0.1) is 0 Å². The summed E-state index contributed by atoms with van der Waals surface area (Å²) in [6, 6.07) is 0. The van der Waals surface area contributed by atoms with Crippen molar-refractivity contribution in [3.05, 3.63) is 12.2 Å². The lowest BCUT2D eigenvalue weighted by Gasteiger charge is -2.13. The number of hydrogen-bond acceptors (Lipinski definition) is 6. The molecule has 0 saturated heterocycles. The number of carbonyl (C=O) groups excluding carboxylic acids is 3. The van der Waals surface area contributed by atoms with Gasteiger partial charge in [-0.25, -0.2) is 4.79 Å². The maximum atomic E-state index is 11.2. The van der Waals surface area contributed by atoms with Crippen LogP contribution in [-0.2, 0) is 23.8 Å². The monoisotopic (exact) mass is 272 g/mol. The molecule has 0 unspecified atom stereocenters. The molecule has 106 valence electrons. The Balaban J connectivity index is 1.90. The lowest BCUT2D eigenvalue weighted by Crippen LogP contribution is -2.33. The molecule has 1 aliphatic heterocycles. The molecule has 0 radical (unpaired) electrons. The van der Waals surface area contributed by atoms with Crippen LogP contribution in [-0.4, -0.2) is 62.4 Å². The van der Waals surface area contributed by atoms with E-state index in [-0.39, 0.29) is 38.2 Å². The number of hydrogen-bond donors (Lipinski definition) is 1. The second kappa shape index (κ2) is 8.22. The molecule has 8 nitrogen and oxygen atoms in total. The van der Waals surface area contributed by atoms with E-state index in [0.717, 1.165) is 4.90 Å². The van der Waals surface area contributed by atoms with Crippen LogP contribution >= 0.6 is 0 Å². The van der Waals surface area contributed by atoms with E-state index in [9.17, 15) is 14.4 Å². The maximum absolute atomic E-state index is 11.2. The molecule has 0 atom stereocenters. The fourth-order valence-corrected chi connectivity index (χ4v) is 1.33. The van der Waals surface area contributed by atoms with E-state index in [2.05, 4.69) is 4.74 Å². The van der Waals surface area contributed by atoms with Crippen molar-refractivity contribution in [1.82, 2.24) is 4.90 Å². The van der Waals surface area contributed by atoms with Crippen LogP contribution in [0.4, 0.5) is 4.79 Å². The van der Waals surface area contributed by atoms with Crippen LogP contribution in [0.5, 0.6) is 0 Å². The van der Waals surface area contributed by atoms with Crippen molar-refractivity contribution in [2.45, 2.75) is 0 Å². The highest BCUT2D eigenvalue weighted by Gasteiger charge is 2.22. The van der Waals surface area contributed by atoms with Gasteiger partial charge in [-0.05, 0) is 0 Å². The van der Waals surface area contributed by atoms with Crippen LogP contribution in [0.3, 0.4) is 0 Å². The van der Waals surface area contributed by atoms with Crippen molar-refractivity contribution in [1.29, 1.82) is 0 Å². The van der Waals surface area contributed by atoms with Gasteiger partial charge in [-0.15, -0.1) is 0 Å². The Kier molecular flexibility index (Phi) is 6.55. The summed E-state index contributed by atoms with van der Waals surface area (Å²) in [7, 11) is 0. The Morgan fingerprint density at radius 2 is 1.53 bits per heavy atom. The van der Waals surface area contributed by atoms with Crippen molar-refractivity contribution >= 4 is 17.9 Å². The zero-order valence-corrected chi connectivity index (χ0v) is 10.4. The van der Waals surface area contributed by atoms with Gasteiger partial charge in [0.1, 0.15) is 6.61 Å². The lowest BCUT2D eigenvalue weighted by atomic mass is 10.5. The van der Waals surface area contributed by atoms with E-state index in [0.29, 0.717) is 13.2 Å². The van der Waals surface area contributed by atoms with Crippen molar-refractivity contribution in [2.24, 2.45) is 5.73 Å². The first-order valence-corrected chi connectivity index (χ1v) is 5.72. The van der Waals surface area contributed by atoms with E-state index in [1.165, 1.54) is 12.2 Å². The van der Waals surface area contributed by atoms with Crippen LogP contribution in [0.2, 0.25) is 0 Å². The zero-order valence-electron chi connectivity index (χ0n) is 10.4. The molecule has 1 rings (SSSR count). The average Bonchev–Trinajstić information content (AvgIpc) is 2.67. The molecule has 0 aromatic heterocycles. The highest BCUT2D eigenvalue weighted by molar-refractivity contribution is 6.12. The first kappa shape index (κ1) is 15.1. The number of nitrogens with two attached hydrogens (primary N) is 1. The van der Waals surface area contributed by atoms with Crippen molar-refractivity contribution in [3.63, 3.8) is 0 Å². The normalized spacial score (nSPS) is 14.2. The van der Waals surface area contributed by atoms with Crippen LogP contribution in [0.25, 0.3) is 0 Å². The standard InChI is InChI=1S/C11H16N2O6/c12-11(16)19-8-7-18-6-5-17-4-3-13-9(14)1-2-10(13)15/h1-2H,3-8H2,(H2,12,16). The van der Waals surface area contributed by atoms with E-state index in [1.54, 1.807) is 0 Å². The predicted octanol–water partition coefficient (Wildman–Crippen LogP) is -0.960. The van der Waals surface area contributed by atoms with Gasteiger partial charge in [0.15, 0.2) is 0 Å². The minimum atomic E-state index is -0.839. The third kappa shape index (κ3) is 5.98. The van der Waals surface area contributed by atoms with E-state index < -0.39 is 6.09 Å². The smallest absolute Gasteiger partial charge is 0.404 e. The van der Waals surface area contributed by atoms with Gasteiger partial charge in [0.2, 0.25) is 0 Å². The van der Waals surface area contributed by atoms with Gasteiger partial charge in [0.25, 0.3) is 11.8 Å². The molecule has 0 aromatic carbocycles. The Morgan fingerprint density at radius 3 is 2.11 bits per heavy atom. The molecule has 2 N–H and O–H groups in total. The summed E-state index contributed by atoms with van der Waals surface area (Å²) in [6.45, 7) is 1.44. The summed E-state index contributed by atoms with van der Waals surface area (Å²) in [6.07, 6.45) is 1.61. The Bertz CT molecular complexity index is 350. The molecule has 8 heteroatoms. The Morgan fingerprint density at radius 1 is 1.00 bits per heavy atom. The maximum Gasteiger partial charge on any atom is 0.404 e. The molecule has 19 heavy (non-hydrogen) atoms. The molecule has 3 amide bonds. The number of carbonyl (C=O) groups is 3. The number of ether oxygens (including phenoxy) is 3. The third-order valence-electron chi connectivity index (χ3n) is 2.20. The predicted molar refractivity (Wildman–Crippen MR) is 63.0 cm³/mol. The van der Waals surface area contributed by atoms with Gasteiger partial charge in [0.05, 0.1) is 33.0 Å². The van der Waals surface area contributed by atoms with Gasteiger partial charge < -0.3 is 19.9 Å². The molecule has 1 aliphatic rings. The second-order valence-electron chi connectivity index (χ2n) is 3.55. The summed E-state index contributed by atoms with van der Waals surface area (Å²) in [5.74, 6) is -0.651. The highest BCUT2D eigenvalue weighted by atomic mass is 16.6. The van der Waals surface area contributed by atoms with Gasteiger partial charge in [0, 0.05) is 12.2 Å². The van der Waals surface area contributed by atoms with Gasteiger partial charge in [-0.3, -0.25) is 14.5 Å². The fourth-order valence-electron chi connectivity index (χ4n) is 1.33. The summed E-state index contributed by atoms with van der Waals surface area (Å²) in [5.41, 5.74) is 4.75. The molecule has 0 bridgehead atoms. The fraction of sp³-hybridized carbons (Fsp3) is 0.545. The SMILES string of the molecule is NC(=O)OCCOCCOCCN1C(=O)C=CC1=O. The summed E-state index contributed by atoms with van der Waals surface area (Å²) < 4.78 is 14.7. The topological polar surface area (TPSA) is 108 Å². The van der Waals surface area contributed by atoms with Gasteiger partial charge >= 0.3 is 6.09 Å². The average molecular weight is 272 g/mol. The summed E-state index contributed by atoms with van der Waals surface area (Å²) >= 11 is 0. The summed E-state index contributed by atoms with van der Waals surface area (Å²) in [4.78, 5) is 33.6. The van der Waals surface area contributed by atoms with Gasteiger partial charge in [-0.2, -0.15) is 0 Å². The quantitative estimate of drug-likeness (QED) is 0.428. The Hall–Kier alpha value is -1.93. The number of rotatable bonds is 9. The van der Waals surface area contributed by atoms with E-state index in [1.807, 2.05) is 0 Å². The van der Waals surface area contributed by atoms with Crippen LogP contribution < -0.4 is 5.73 Å². The largest absolute Gasteiger partial charge is 0.447 e. The molecular formula is C11H16N2O6. The van der Waals surface area contributed by atoms with Crippen molar-refractivity contribution < 1.29 is 28.6 Å². The third-order valence-corrected chi connectivity index (χ3v) is 2.20.